The van der Waals surface area contributed by atoms with E-state index in [1.807, 2.05) is 11.1 Å². The molecule has 1 aromatic rings. The number of imidazole rings is 1. The number of fused-ring (bicyclic) bond motifs is 1. The van der Waals surface area contributed by atoms with Gasteiger partial charge >= 0.3 is 0 Å². The minimum Gasteiger partial charge on any atom is -0.356 e. The molecule has 110 valence electrons. The van der Waals surface area contributed by atoms with E-state index in [1.165, 1.54) is 12.8 Å². The minimum absolute atomic E-state index is 0.102. The Morgan fingerprint density at radius 2 is 2.25 bits per heavy atom. The Bertz CT molecular complexity index is 459. The highest BCUT2D eigenvalue weighted by molar-refractivity contribution is 5.92. The van der Waals surface area contributed by atoms with Gasteiger partial charge in [-0.1, -0.05) is 13.3 Å². The molecule has 0 spiro atoms. The Morgan fingerprint density at radius 1 is 1.35 bits per heavy atom. The monoisotopic (exact) mass is 276 g/mol. The number of hydrogen-bond donors (Lipinski definition) is 1. The normalized spacial score (nSPS) is 22.9. The predicted octanol–water partition coefficient (Wildman–Crippen LogP) is 2.35. The average Bonchev–Trinajstić information content (AvgIpc) is 2.77. The van der Waals surface area contributed by atoms with Gasteiger partial charge in [0.05, 0.1) is 0 Å². The van der Waals surface area contributed by atoms with Gasteiger partial charge in [0, 0.05) is 32.4 Å². The van der Waals surface area contributed by atoms with Crippen molar-refractivity contribution in [3.8, 4) is 0 Å². The molecule has 0 aromatic carbocycles. The molecule has 5 nitrogen and oxygen atoms in total. The first kappa shape index (κ1) is 13.5. The summed E-state index contributed by atoms with van der Waals surface area (Å²) in [6.07, 6.45) is 7.74. The SMILES string of the molecule is CCC1CCCN(C(=O)c2cn3c(n2)NCCC3)CC1. The van der Waals surface area contributed by atoms with E-state index in [-0.39, 0.29) is 5.91 Å². The first-order valence-electron chi connectivity index (χ1n) is 7.88. The molecule has 1 saturated heterocycles. The van der Waals surface area contributed by atoms with Crippen LogP contribution in [0.2, 0.25) is 0 Å². The topological polar surface area (TPSA) is 50.2 Å². The number of anilines is 1. The number of amides is 1. The molecule has 2 aliphatic heterocycles. The van der Waals surface area contributed by atoms with Crippen molar-refractivity contribution in [2.24, 2.45) is 5.92 Å². The van der Waals surface area contributed by atoms with E-state index in [4.69, 9.17) is 0 Å². The molecule has 1 fully saturated rings. The maximum Gasteiger partial charge on any atom is 0.274 e. The van der Waals surface area contributed by atoms with Crippen molar-refractivity contribution in [1.29, 1.82) is 0 Å². The van der Waals surface area contributed by atoms with Crippen molar-refractivity contribution in [2.75, 3.05) is 25.0 Å². The number of nitrogens with zero attached hydrogens (tertiary/aromatic N) is 3. The van der Waals surface area contributed by atoms with Crippen LogP contribution >= 0.6 is 0 Å². The average molecular weight is 276 g/mol. The zero-order valence-corrected chi connectivity index (χ0v) is 12.3. The molecular weight excluding hydrogens is 252 g/mol. The molecule has 3 heterocycles. The van der Waals surface area contributed by atoms with E-state index in [2.05, 4.69) is 21.8 Å². The fourth-order valence-electron chi connectivity index (χ4n) is 3.22. The highest BCUT2D eigenvalue weighted by atomic mass is 16.2. The molecule has 1 aromatic heterocycles. The Morgan fingerprint density at radius 3 is 3.05 bits per heavy atom. The second-order valence-corrected chi connectivity index (χ2v) is 5.92. The Balaban J connectivity index is 1.70. The van der Waals surface area contributed by atoms with Crippen molar-refractivity contribution >= 4 is 11.9 Å². The van der Waals surface area contributed by atoms with Crippen LogP contribution in [0.25, 0.3) is 0 Å². The Hall–Kier alpha value is -1.52. The first-order chi connectivity index (χ1) is 9.78. The molecule has 20 heavy (non-hydrogen) atoms. The summed E-state index contributed by atoms with van der Waals surface area (Å²) in [5, 5.41) is 3.25. The van der Waals surface area contributed by atoms with Crippen molar-refractivity contribution in [3.05, 3.63) is 11.9 Å². The molecule has 1 atom stereocenters. The van der Waals surface area contributed by atoms with E-state index in [0.717, 1.165) is 57.3 Å². The summed E-state index contributed by atoms with van der Waals surface area (Å²) >= 11 is 0. The predicted molar refractivity (Wildman–Crippen MR) is 78.9 cm³/mol. The molecule has 0 radical (unpaired) electrons. The van der Waals surface area contributed by atoms with Gasteiger partial charge in [0.1, 0.15) is 5.69 Å². The van der Waals surface area contributed by atoms with E-state index >= 15 is 0 Å². The number of nitrogens with one attached hydrogen (secondary N) is 1. The van der Waals surface area contributed by atoms with Crippen LogP contribution in [0, 0.1) is 5.92 Å². The van der Waals surface area contributed by atoms with Crippen molar-refractivity contribution < 1.29 is 4.79 Å². The standard InChI is InChI=1S/C15H24N4O/c1-2-12-5-3-8-18(10-6-12)14(20)13-11-19-9-4-7-16-15(19)17-13/h11-12H,2-10H2,1H3,(H,16,17). The number of hydrogen-bond acceptors (Lipinski definition) is 3. The number of aryl methyl sites for hydroxylation is 1. The highest BCUT2D eigenvalue weighted by Crippen LogP contribution is 2.22. The lowest BCUT2D eigenvalue weighted by atomic mass is 9.98. The molecule has 0 aliphatic carbocycles. The molecule has 2 aliphatic rings. The van der Waals surface area contributed by atoms with Crippen molar-refractivity contribution in [1.82, 2.24) is 14.5 Å². The molecular formula is C15H24N4O. The van der Waals surface area contributed by atoms with E-state index in [1.54, 1.807) is 0 Å². The van der Waals surface area contributed by atoms with Gasteiger partial charge in [0.2, 0.25) is 5.95 Å². The van der Waals surface area contributed by atoms with E-state index in [9.17, 15) is 4.79 Å². The molecule has 5 heteroatoms. The summed E-state index contributed by atoms with van der Waals surface area (Å²) in [5.41, 5.74) is 0.601. The van der Waals surface area contributed by atoms with Gasteiger partial charge in [-0.25, -0.2) is 4.98 Å². The highest BCUT2D eigenvalue weighted by Gasteiger charge is 2.24. The number of aromatic nitrogens is 2. The molecule has 1 unspecified atom stereocenters. The summed E-state index contributed by atoms with van der Waals surface area (Å²) in [6, 6.07) is 0. The van der Waals surface area contributed by atoms with Crippen LogP contribution in [0.1, 0.15) is 49.5 Å². The minimum atomic E-state index is 0.102. The Labute approximate surface area is 120 Å². The van der Waals surface area contributed by atoms with Crippen LogP contribution in [0.5, 0.6) is 0 Å². The van der Waals surface area contributed by atoms with Crippen LogP contribution in [0.15, 0.2) is 6.20 Å². The maximum absolute atomic E-state index is 12.6. The smallest absolute Gasteiger partial charge is 0.274 e. The van der Waals surface area contributed by atoms with E-state index < -0.39 is 0 Å². The third-order valence-electron chi connectivity index (χ3n) is 4.57. The zero-order chi connectivity index (χ0) is 13.9. The van der Waals surface area contributed by atoms with E-state index in [0.29, 0.717) is 5.69 Å². The van der Waals surface area contributed by atoms with Gasteiger partial charge < -0.3 is 14.8 Å². The number of carbonyl (C=O) groups is 1. The second-order valence-electron chi connectivity index (χ2n) is 5.92. The van der Waals surface area contributed by atoms with Gasteiger partial charge in [0.25, 0.3) is 5.91 Å². The van der Waals surface area contributed by atoms with Gasteiger partial charge in [-0.3, -0.25) is 4.79 Å². The number of carbonyl (C=O) groups excluding carboxylic acids is 1. The van der Waals surface area contributed by atoms with Crippen LogP contribution < -0.4 is 5.32 Å². The summed E-state index contributed by atoms with van der Waals surface area (Å²) < 4.78 is 2.06. The number of likely N-dealkylation sites (tertiary alicyclic amines) is 1. The van der Waals surface area contributed by atoms with Gasteiger partial charge in [0.15, 0.2) is 0 Å². The summed E-state index contributed by atoms with van der Waals surface area (Å²) in [6.45, 7) is 5.92. The lowest BCUT2D eigenvalue weighted by Gasteiger charge is -2.19. The maximum atomic E-state index is 12.6. The quantitative estimate of drug-likeness (QED) is 0.902. The summed E-state index contributed by atoms with van der Waals surface area (Å²) in [4.78, 5) is 19.0. The fraction of sp³-hybridized carbons (Fsp3) is 0.733. The largest absolute Gasteiger partial charge is 0.356 e. The third kappa shape index (κ3) is 2.67. The Kier molecular flexibility index (Phi) is 3.94. The second kappa shape index (κ2) is 5.85. The van der Waals surface area contributed by atoms with Gasteiger partial charge in [-0.2, -0.15) is 0 Å². The molecule has 3 rings (SSSR count). The van der Waals surface area contributed by atoms with Crippen LogP contribution in [-0.4, -0.2) is 40.0 Å². The molecule has 0 bridgehead atoms. The van der Waals surface area contributed by atoms with Gasteiger partial charge in [-0.05, 0) is 31.6 Å². The molecule has 1 N–H and O–H groups in total. The molecule has 0 saturated carbocycles. The van der Waals surface area contributed by atoms with Crippen LogP contribution in [0.3, 0.4) is 0 Å². The third-order valence-corrected chi connectivity index (χ3v) is 4.57. The van der Waals surface area contributed by atoms with Crippen LogP contribution in [0.4, 0.5) is 5.95 Å². The molecule has 1 amide bonds. The van der Waals surface area contributed by atoms with Crippen molar-refractivity contribution in [3.63, 3.8) is 0 Å². The van der Waals surface area contributed by atoms with Gasteiger partial charge in [-0.15, -0.1) is 0 Å². The number of rotatable bonds is 2. The first-order valence-corrected chi connectivity index (χ1v) is 7.88. The fourth-order valence-corrected chi connectivity index (χ4v) is 3.22. The zero-order valence-electron chi connectivity index (χ0n) is 12.3. The summed E-state index contributed by atoms with van der Waals surface area (Å²) in [5.74, 6) is 1.73. The van der Waals surface area contributed by atoms with Crippen molar-refractivity contribution in [2.45, 2.75) is 45.6 Å². The van der Waals surface area contributed by atoms with Crippen LogP contribution in [-0.2, 0) is 6.54 Å². The summed E-state index contributed by atoms with van der Waals surface area (Å²) in [7, 11) is 0. The lowest BCUT2D eigenvalue weighted by Crippen LogP contribution is -2.32. The lowest BCUT2D eigenvalue weighted by molar-refractivity contribution is 0.0754.